The molecule has 0 spiro atoms. The lowest BCUT2D eigenvalue weighted by Gasteiger charge is -2.08. The summed E-state index contributed by atoms with van der Waals surface area (Å²) in [6.07, 6.45) is 3.08. The summed E-state index contributed by atoms with van der Waals surface area (Å²) in [7, 11) is 1.55. The van der Waals surface area contributed by atoms with Crippen LogP contribution >= 0.6 is 11.8 Å². The predicted molar refractivity (Wildman–Crippen MR) is 96.6 cm³/mol. The van der Waals surface area contributed by atoms with Gasteiger partial charge in [-0.05, 0) is 28.7 Å². The molecule has 26 heavy (non-hydrogen) atoms. The number of aromatic nitrogens is 2. The Morgan fingerprint density at radius 1 is 1.50 bits per heavy atom. The summed E-state index contributed by atoms with van der Waals surface area (Å²) in [5, 5.41) is 25.6. The second-order valence-corrected chi connectivity index (χ2v) is 6.15. The van der Waals surface area contributed by atoms with E-state index in [1.807, 2.05) is 6.07 Å². The van der Waals surface area contributed by atoms with Gasteiger partial charge in [-0.15, -0.1) is 5.10 Å². The van der Waals surface area contributed by atoms with E-state index in [0.717, 1.165) is 11.1 Å². The highest BCUT2D eigenvalue weighted by atomic mass is 32.2. The molecule has 10 nitrogen and oxygen atoms in total. The van der Waals surface area contributed by atoms with Crippen molar-refractivity contribution in [3.05, 3.63) is 51.7 Å². The number of amides is 1. The normalized spacial score (nSPS) is 15.6. The highest BCUT2D eigenvalue weighted by Gasteiger charge is 2.16. The van der Waals surface area contributed by atoms with E-state index in [4.69, 9.17) is 4.74 Å². The van der Waals surface area contributed by atoms with Gasteiger partial charge in [0.15, 0.2) is 5.17 Å². The first-order valence-electron chi connectivity index (χ1n) is 7.43. The van der Waals surface area contributed by atoms with Crippen LogP contribution in [0.4, 0.5) is 5.82 Å². The van der Waals surface area contributed by atoms with E-state index >= 15 is 0 Å². The van der Waals surface area contributed by atoms with Gasteiger partial charge in [0.05, 0.1) is 43.0 Å². The summed E-state index contributed by atoms with van der Waals surface area (Å²) in [5.41, 5.74) is 1.55. The summed E-state index contributed by atoms with van der Waals surface area (Å²) >= 11 is 1.29. The quantitative estimate of drug-likeness (QED) is 0.463. The average Bonchev–Trinajstić information content (AvgIpc) is 3.24. The number of amidine groups is 1. The number of benzene rings is 1. The van der Waals surface area contributed by atoms with Crippen LogP contribution in [-0.4, -0.2) is 44.9 Å². The molecule has 2 heterocycles. The summed E-state index contributed by atoms with van der Waals surface area (Å²) in [6.45, 7) is 0.305. The van der Waals surface area contributed by atoms with Crippen LogP contribution in [0.25, 0.3) is 0 Å². The van der Waals surface area contributed by atoms with Crippen LogP contribution in [0.5, 0.6) is 5.75 Å². The van der Waals surface area contributed by atoms with Crippen molar-refractivity contribution in [2.24, 2.45) is 10.2 Å². The van der Waals surface area contributed by atoms with Crippen LogP contribution in [0.2, 0.25) is 0 Å². The van der Waals surface area contributed by atoms with E-state index in [2.05, 4.69) is 20.6 Å². The number of ether oxygens (including phenoxy) is 1. The molecule has 0 aliphatic carbocycles. The van der Waals surface area contributed by atoms with Crippen molar-refractivity contribution in [3.63, 3.8) is 0 Å². The SMILES string of the molecule is COc1ccc(C=NN=C2NC(=O)CS2)cc1Cn1ccc([N+](=O)[O-])n1. The van der Waals surface area contributed by atoms with Gasteiger partial charge in [-0.3, -0.25) is 4.79 Å². The Balaban J connectivity index is 1.77. The first kappa shape index (κ1) is 17.6. The smallest absolute Gasteiger partial charge is 0.389 e. The molecule has 1 amide bonds. The van der Waals surface area contributed by atoms with E-state index in [-0.39, 0.29) is 11.7 Å². The fourth-order valence-electron chi connectivity index (χ4n) is 2.24. The molecule has 1 N–H and O–H groups in total. The van der Waals surface area contributed by atoms with Gasteiger partial charge in [-0.25, -0.2) is 0 Å². The van der Waals surface area contributed by atoms with Crippen molar-refractivity contribution in [3.8, 4) is 5.75 Å². The molecule has 3 rings (SSSR count). The van der Waals surface area contributed by atoms with Gasteiger partial charge in [-0.2, -0.15) is 9.78 Å². The van der Waals surface area contributed by atoms with E-state index in [0.29, 0.717) is 23.2 Å². The molecule has 0 saturated carbocycles. The lowest BCUT2D eigenvalue weighted by atomic mass is 10.1. The van der Waals surface area contributed by atoms with Crippen molar-refractivity contribution in [2.45, 2.75) is 6.54 Å². The number of methoxy groups -OCH3 is 1. The molecule has 1 aliphatic heterocycles. The Morgan fingerprint density at radius 2 is 2.35 bits per heavy atom. The Morgan fingerprint density at radius 3 is 3.00 bits per heavy atom. The van der Waals surface area contributed by atoms with Gasteiger partial charge in [0.2, 0.25) is 5.91 Å². The minimum atomic E-state index is -0.546. The number of carbonyl (C=O) groups is 1. The standard InChI is InChI=1S/C15H14N6O4S/c1-25-12-3-2-10(7-16-18-15-17-14(22)9-26-15)6-11(12)8-20-5-4-13(19-20)21(23)24/h2-7H,8-9H2,1H3,(H,17,18,22). The van der Waals surface area contributed by atoms with Crippen LogP contribution in [0.3, 0.4) is 0 Å². The van der Waals surface area contributed by atoms with Crippen molar-refractivity contribution in [1.29, 1.82) is 0 Å². The predicted octanol–water partition coefficient (Wildman–Crippen LogP) is 1.40. The zero-order valence-corrected chi connectivity index (χ0v) is 14.5. The molecule has 134 valence electrons. The van der Waals surface area contributed by atoms with Crippen LogP contribution in [0.1, 0.15) is 11.1 Å². The molecule has 1 aromatic carbocycles. The zero-order chi connectivity index (χ0) is 18.5. The number of nitro groups is 1. The number of rotatable bonds is 6. The first-order valence-corrected chi connectivity index (χ1v) is 8.42. The number of hydrogen-bond acceptors (Lipinski definition) is 8. The minimum Gasteiger partial charge on any atom is -0.496 e. The largest absolute Gasteiger partial charge is 0.496 e. The van der Waals surface area contributed by atoms with E-state index in [9.17, 15) is 14.9 Å². The molecule has 1 aromatic heterocycles. The summed E-state index contributed by atoms with van der Waals surface area (Å²) in [5.74, 6) is 0.666. The molecular weight excluding hydrogens is 360 g/mol. The lowest BCUT2D eigenvalue weighted by Crippen LogP contribution is -2.19. The number of carbonyl (C=O) groups excluding carboxylic acids is 1. The fourth-order valence-corrected chi connectivity index (χ4v) is 2.87. The summed E-state index contributed by atoms with van der Waals surface area (Å²) in [6, 6.07) is 6.74. The van der Waals surface area contributed by atoms with Gasteiger partial charge in [0.25, 0.3) is 0 Å². The molecule has 0 unspecified atom stereocenters. The van der Waals surface area contributed by atoms with E-state index < -0.39 is 4.92 Å². The van der Waals surface area contributed by atoms with E-state index in [1.165, 1.54) is 28.7 Å². The lowest BCUT2D eigenvalue weighted by molar-refractivity contribution is -0.389. The molecule has 0 atom stereocenters. The van der Waals surface area contributed by atoms with Gasteiger partial charge in [0, 0.05) is 5.56 Å². The van der Waals surface area contributed by atoms with Crippen molar-refractivity contribution >= 4 is 34.9 Å². The minimum absolute atomic E-state index is 0.0935. The highest BCUT2D eigenvalue weighted by molar-refractivity contribution is 8.15. The second-order valence-electron chi connectivity index (χ2n) is 5.19. The molecular formula is C15H14N6O4S. The monoisotopic (exact) mass is 374 g/mol. The molecule has 0 bridgehead atoms. The maximum absolute atomic E-state index is 11.1. The summed E-state index contributed by atoms with van der Waals surface area (Å²) < 4.78 is 6.79. The average molecular weight is 374 g/mol. The van der Waals surface area contributed by atoms with Crippen molar-refractivity contribution in [2.75, 3.05) is 12.9 Å². The Kier molecular flexibility index (Phi) is 5.27. The fraction of sp³-hybridized carbons (Fsp3) is 0.200. The van der Waals surface area contributed by atoms with Gasteiger partial charge in [0.1, 0.15) is 5.75 Å². The van der Waals surface area contributed by atoms with Crippen LogP contribution < -0.4 is 10.1 Å². The third kappa shape index (κ3) is 4.25. The van der Waals surface area contributed by atoms with Crippen molar-refractivity contribution < 1.29 is 14.5 Å². The first-order chi connectivity index (χ1) is 12.5. The van der Waals surface area contributed by atoms with Crippen molar-refractivity contribution in [1.82, 2.24) is 15.1 Å². The number of hydrogen-bond donors (Lipinski definition) is 1. The maximum atomic E-state index is 11.1. The topological polar surface area (TPSA) is 124 Å². The summed E-state index contributed by atoms with van der Waals surface area (Å²) in [4.78, 5) is 21.3. The van der Waals surface area contributed by atoms with Gasteiger partial charge < -0.3 is 20.2 Å². The Labute approximate surface area is 152 Å². The third-order valence-corrected chi connectivity index (χ3v) is 4.26. The number of nitrogens with zero attached hydrogens (tertiary/aromatic N) is 5. The second kappa shape index (κ2) is 7.78. The number of thioether (sulfide) groups is 1. The third-order valence-electron chi connectivity index (χ3n) is 3.39. The Bertz CT molecular complexity index is 907. The molecule has 11 heteroatoms. The maximum Gasteiger partial charge on any atom is 0.389 e. The molecule has 0 radical (unpaired) electrons. The van der Waals surface area contributed by atoms with Crippen LogP contribution in [0, 0.1) is 10.1 Å². The Hall–Kier alpha value is -3.21. The van der Waals surface area contributed by atoms with E-state index in [1.54, 1.807) is 25.5 Å². The number of nitrogens with one attached hydrogen (secondary N) is 1. The van der Waals surface area contributed by atoms with Crippen LogP contribution in [-0.2, 0) is 11.3 Å². The van der Waals surface area contributed by atoms with Gasteiger partial charge in [-0.1, -0.05) is 11.8 Å². The highest BCUT2D eigenvalue weighted by Crippen LogP contribution is 2.21. The van der Waals surface area contributed by atoms with Crippen LogP contribution in [0.15, 0.2) is 40.7 Å². The van der Waals surface area contributed by atoms with Gasteiger partial charge >= 0.3 is 5.82 Å². The molecule has 1 fully saturated rings. The molecule has 2 aromatic rings. The molecule has 1 aliphatic rings. The zero-order valence-electron chi connectivity index (χ0n) is 13.7. The molecule has 1 saturated heterocycles.